The predicted molar refractivity (Wildman–Crippen MR) is 106 cm³/mol. The van der Waals surface area contributed by atoms with E-state index in [0.29, 0.717) is 6.61 Å². The fraction of sp³-hybridized carbons (Fsp3) is 0.682. The molecule has 0 saturated heterocycles. The van der Waals surface area contributed by atoms with E-state index in [2.05, 4.69) is 18.3 Å². The lowest BCUT2D eigenvalue weighted by Gasteiger charge is -2.44. The zero-order valence-electron chi connectivity index (χ0n) is 17.0. The molecule has 0 spiro atoms. The Labute approximate surface area is 162 Å². The zero-order chi connectivity index (χ0) is 19.4. The first kappa shape index (κ1) is 20.0. The van der Waals surface area contributed by atoms with Crippen molar-refractivity contribution in [1.29, 1.82) is 0 Å². The summed E-state index contributed by atoms with van der Waals surface area (Å²) in [6.07, 6.45) is 4.46. The molecule has 0 amide bonds. The van der Waals surface area contributed by atoms with Gasteiger partial charge in [-0.15, -0.1) is 0 Å². The van der Waals surface area contributed by atoms with Gasteiger partial charge in [-0.05, 0) is 58.7 Å². The lowest BCUT2D eigenvalue weighted by molar-refractivity contribution is -0.188. The van der Waals surface area contributed by atoms with Gasteiger partial charge in [0, 0.05) is 24.4 Å². The smallest absolute Gasteiger partial charge is 0.309 e. The van der Waals surface area contributed by atoms with Crippen LogP contribution in [0.1, 0.15) is 71.5 Å². The van der Waals surface area contributed by atoms with Crippen LogP contribution in [0.4, 0.5) is 5.69 Å². The highest BCUT2D eigenvalue weighted by molar-refractivity contribution is 5.73. The standard InChI is InChI=1S/C22H33NO4/c1-5-23-16-12-13-18-17(14-16)19(25-6-2)20(22(3,4)27-18)26-21(24)15-10-8-7-9-11-15/h12-15,19-20,23H,5-11H2,1-4H3. The average molecular weight is 376 g/mol. The van der Waals surface area contributed by atoms with Crippen LogP contribution in [-0.4, -0.2) is 30.8 Å². The highest BCUT2D eigenvalue weighted by Crippen LogP contribution is 2.44. The van der Waals surface area contributed by atoms with Crippen LogP contribution in [0, 0.1) is 5.92 Å². The van der Waals surface area contributed by atoms with Crippen LogP contribution in [0.5, 0.6) is 5.75 Å². The predicted octanol–water partition coefficient (Wildman–Crippen LogP) is 4.86. The third kappa shape index (κ3) is 4.40. The van der Waals surface area contributed by atoms with Gasteiger partial charge in [0.2, 0.25) is 0 Å². The molecule has 1 aromatic rings. The van der Waals surface area contributed by atoms with Gasteiger partial charge in [0.05, 0.1) is 5.92 Å². The van der Waals surface area contributed by atoms with E-state index in [0.717, 1.165) is 49.2 Å². The van der Waals surface area contributed by atoms with E-state index in [1.54, 1.807) is 0 Å². The number of anilines is 1. The summed E-state index contributed by atoms with van der Waals surface area (Å²) >= 11 is 0. The Morgan fingerprint density at radius 1 is 1.22 bits per heavy atom. The number of hydrogen-bond donors (Lipinski definition) is 1. The number of benzene rings is 1. The molecule has 5 nitrogen and oxygen atoms in total. The molecule has 1 saturated carbocycles. The molecule has 0 aromatic heterocycles. The highest BCUT2D eigenvalue weighted by atomic mass is 16.6. The largest absolute Gasteiger partial charge is 0.483 e. The minimum atomic E-state index is -0.656. The second kappa shape index (κ2) is 8.51. The van der Waals surface area contributed by atoms with Crippen LogP contribution in [0.15, 0.2) is 18.2 Å². The van der Waals surface area contributed by atoms with Gasteiger partial charge in [-0.1, -0.05) is 19.3 Å². The van der Waals surface area contributed by atoms with E-state index in [9.17, 15) is 4.79 Å². The van der Waals surface area contributed by atoms with Crippen LogP contribution in [-0.2, 0) is 14.3 Å². The Balaban J connectivity index is 1.88. The van der Waals surface area contributed by atoms with Crippen molar-refractivity contribution in [3.63, 3.8) is 0 Å². The summed E-state index contributed by atoms with van der Waals surface area (Å²) in [4.78, 5) is 12.8. The van der Waals surface area contributed by atoms with Crippen LogP contribution >= 0.6 is 0 Å². The first-order valence-electron chi connectivity index (χ1n) is 10.3. The van der Waals surface area contributed by atoms with E-state index < -0.39 is 11.7 Å². The second-order valence-corrected chi connectivity index (χ2v) is 8.06. The molecule has 5 heteroatoms. The molecule has 2 unspecified atom stereocenters. The summed E-state index contributed by atoms with van der Waals surface area (Å²) in [6.45, 7) is 9.36. The Hall–Kier alpha value is -1.75. The van der Waals surface area contributed by atoms with Crippen molar-refractivity contribution >= 4 is 11.7 Å². The summed E-state index contributed by atoms with van der Waals surface area (Å²) in [5.41, 5.74) is 1.30. The van der Waals surface area contributed by atoms with Crippen LogP contribution in [0.2, 0.25) is 0 Å². The van der Waals surface area contributed by atoms with Gasteiger partial charge in [-0.25, -0.2) is 0 Å². The number of carbonyl (C=O) groups is 1. The molecule has 1 aromatic carbocycles. The van der Waals surface area contributed by atoms with Gasteiger partial charge >= 0.3 is 5.97 Å². The number of esters is 1. The molecule has 150 valence electrons. The molecule has 3 rings (SSSR count). The summed E-state index contributed by atoms with van der Waals surface area (Å²) in [7, 11) is 0. The first-order chi connectivity index (χ1) is 13.0. The summed E-state index contributed by atoms with van der Waals surface area (Å²) in [5, 5.41) is 3.33. The number of nitrogens with one attached hydrogen (secondary N) is 1. The van der Waals surface area contributed by atoms with E-state index in [4.69, 9.17) is 14.2 Å². The fourth-order valence-electron chi connectivity index (χ4n) is 4.17. The normalized spacial score (nSPS) is 24.6. The summed E-state index contributed by atoms with van der Waals surface area (Å²) in [6, 6.07) is 6.03. The maximum absolute atomic E-state index is 12.8. The van der Waals surface area contributed by atoms with Crippen molar-refractivity contribution in [2.45, 2.75) is 77.6 Å². The number of hydrogen-bond acceptors (Lipinski definition) is 5. The van der Waals surface area contributed by atoms with E-state index >= 15 is 0 Å². The van der Waals surface area contributed by atoms with E-state index in [1.807, 2.05) is 32.9 Å². The van der Waals surface area contributed by atoms with Gasteiger partial charge in [0.15, 0.2) is 6.10 Å². The van der Waals surface area contributed by atoms with Crippen LogP contribution in [0.25, 0.3) is 0 Å². The number of rotatable bonds is 6. The molecule has 2 atom stereocenters. The maximum Gasteiger partial charge on any atom is 0.309 e. The van der Waals surface area contributed by atoms with Crippen molar-refractivity contribution in [2.75, 3.05) is 18.5 Å². The van der Waals surface area contributed by atoms with Crippen LogP contribution < -0.4 is 10.1 Å². The monoisotopic (exact) mass is 375 g/mol. The topological polar surface area (TPSA) is 56.8 Å². The Kier molecular flexibility index (Phi) is 6.30. The van der Waals surface area contributed by atoms with E-state index in [-0.39, 0.29) is 18.0 Å². The first-order valence-corrected chi connectivity index (χ1v) is 10.3. The molecule has 0 radical (unpaired) electrons. The van der Waals surface area contributed by atoms with Gasteiger partial charge in [0.1, 0.15) is 17.5 Å². The van der Waals surface area contributed by atoms with Crippen molar-refractivity contribution in [1.82, 2.24) is 0 Å². The summed E-state index contributed by atoms with van der Waals surface area (Å²) in [5.74, 6) is 0.698. The van der Waals surface area contributed by atoms with Gasteiger partial charge in [0.25, 0.3) is 0 Å². The van der Waals surface area contributed by atoms with Gasteiger partial charge < -0.3 is 19.5 Å². The van der Waals surface area contributed by atoms with Crippen molar-refractivity contribution in [3.05, 3.63) is 23.8 Å². The third-order valence-corrected chi connectivity index (χ3v) is 5.56. The molecule has 2 aliphatic rings. The molecule has 1 heterocycles. The van der Waals surface area contributed by atoms with Crippen molar-refractivity contribution < 1.29 is 19.0 Å². The Bertz CT molecular complexity index is 652. The number of ether oxygens (including phenoxy) is 3. The average Bonchev–Trinajstić information content (AvgIpc) is 2.65. The Morgan fingerprint density at radius 3 is 2.63 bits per heavy atom. The van der Waals surface area contributed by atoms with Crippen molar-refractivity contribution in [2.24, 2.45) is 5.92 Å². The highest BCUT2D eigenvalue weighted by Gasteiger charge is 2.48. The summed E-state index contributed by atoms with van der Waals surface area (Å²) < 4.78 is 18.4. The zero-order valence-corrected chi connectivity index (χ0v) is 17.0. The minimum absolute atomic E-state index is 0.00585. The maximum atomic E-state index is 12.8. The molecule has 1 N–H and O–H groups in total. The molecule has 0 bridgehead atoms. The molecule has 1 fully saturated rings. The third-order valence-electron chi connectivity index (χ3n) is 5.56. The number of carbonyl (C=O) groups excluding carboxylic acids is 1. The SMILES string of the molecule is CCNc1ccc2c(c1)C(OCC)C(OC(=O)C1CCCCC1)C(C)(C)O2. The lowest BCUT2D eigenvalue weighted by atomic mass is 9.86. The van der Waals surface area contributed by atoms with E-state index in [1.165, 1.54) is 6.42 Å². The van der Waals surface area contributed by atoms with Gasteiger partial charge in [-0.3, -0.25) is 4.79 Å². The number of fused-ring (bicyclic) bond motifs is 1. The van der Waals surface area contributed by atoms with Crippen LogP contribution in [0.3, 0.4) is 0 Å². The minimum Gasteiger partial charge on any atom is -0.483 e. The molecule has 1 aliphatic carbocycles. The fourth-order valence-corrected chi connectivity index (χ4v) is 4.17. The molecule has 27 heavy (non-hydrogen) atoms. The Morgan fingerprint density at radius 2 is 1.96 bits per heavy atom. The second-order valence-electron chi connectivity index (χ2n) is 8.06. The molecular weight excluding hydrogens is 342 g/mol. The van der Waals surface area contributed by atoms with Crippen molar-refractivity contribution in [3.8, 4) is 5.75 Å². The quantitative estimate of drug-likeness (QED) is 0.720. The molecule has 1 aliphatic heterocycles. The lowest BCUT2D eigenvalue weighted by Crippen LogP contribution is -2.52. The van der Waals surface area contributed by atoms with Gasteiger partial charge in [-0.2, -0.15) is 0 Å². The molecular formula is C22H33NO4.